The molecule has 4 aromatic rings. The molecule has 0 aliphatic carbocycles. The summed E-state index contributed by atoms with van der Waals surface area (Å²) in [5.74, 6) is -0.750. The second kappa shape index (κ2) is 13.4. The van der Waals surface area contributed by atoms with Crippen molar-refractivity contribution >= 4 is 35.2 Å². The Labute approximate surface area is 276 Å². The van der Waals surface area contributed by atoms with Crippen molar-refractivity contribution in [3.05, 3.63) is 75.3 Å². The molecule has 2 amide bonds. The van der Waals surface area contributed by atoms with Crippen molar-refractivity contribution in [2.75, 3.05) is 6.54 Å². The number of nitrogens with zero attached hydrogens (tertiary/aromatic N) is 8. The Bertz CT molecular complexity index is 1820. The number of rotatable bonds is 8. The van der Waals surface area contributed by atoms with Crippen LogP contribution in [0, 0.1) is 0 Å². The number of carbonyl (C=O) groups excluding carboxylic acids is 2. The number of hydrogen-bond acceptors (Lipinski definition) is 8. The highest BCUT2D eigenvalue weighted by Crippen LogP contribution is 2.27. The monoisotopic (exact) mass is 695 g/mol. The highest BCUT2D eigenvalue weighted by Gasteiger charge is 2.45. The van der Waals surface area contributed by atoms with Crippen molar-refractivity contribution in [3.8, 4) is 17.2 Å². The van der Waals surface area contributed by atoms with Crippen molar-refractivity contribution in [2.24, 2.45) is 0 Å². The predicted octanol–water partition coefficient (Wildman–Crippen LogP) is 4.49. The van der Waals surface area contributed by atoms with Gasteiger partial charge >= 0.3 is 18.0 Å². The average molecular weight is 697 g/mol. The summed E-state index contributed by atoms with van der Waals surface area (Å²) < 4.78 is 51.8. The van der Waals surface area contributed by atoms with Crippen molar-refractivity contribution in [1.82, 2.24) is 44.3 Å². The van der Waals surface area contributed by atoms with Crippen molar-refractivity contribution in [3.63, 3.8) is 0 Å². The molecule has 2 atom stereocenters. The molecule has 1 aliphatic heterocycles. The van der Waals surface area contributed by atoms with E-state index in [1.165, 1.54) is 41.5 Å². The Balaban J connectivity index is 1.44. The lowest BCUT2D eigenvalue weighted by Crippen LogP contribution is -2.55. The molecular weight excluding hydrogens is 666 g/mol. The van der Waals surface area contributed by atoms with Gasteiger partial charge in [0.25, 0.3) is 0 Å². The van der Waals surface area contributed by atoms with Crippen LogP contribution in [0.2, 0.25) is 10.0 Å². The molecule has 2 unspecified atom stereocenters. The second-order valence-corrected chi connectivity index (χ2v) is 12.6. The molecular formula is C29H30Cl2F3N9O4. The fraction of sp³-hybridized carbons (Fsp3) is 0.414. The number of carbonyl (C=O) groups is 2. The molecule has 18 heteroatoms. The first-order valence-electron chi connectivity index (χ1n) is 14.4. The highest BCUT2D eigenvalue weighted by atomic mass is 35.5. The van der Waals surface area contributed by atoms with Crippen LogP contribution in [0.4, 0.5) is 18.0 Å². The van der Waals surface area contributed by atoms with Gasteiger partial charge in [-0.25, -0.2) is 28.9 Å². The van der Waals surface area contributed by atoms with Gasteiger partial charge in [0.1, 0.15) is 30.6 Å². The van der Waals surface area contributed by atoms with Gasteiger partial charge in [-0.2, -0.15) is 13.2 Å². The van der Waals surface area contributed by atoms with Crippen molar-refractivity contribution in [2.45, 2.75) is 70.6 Å². The molecule has 13 nitrogen and oxygen atoms in total. The fourth-order valence-electron chi connectivity index (χ4n) is 4.93. The van der Waals surface area contributed by atoms with Gasteiger partial charge in [0, 0.05) is 23.3 Å². The summed E-state index contributed by atoms with van der Waals surface area (Å²) >= 11 is 12.2. The van der Waals surface area contributed by atoms with Gasteiger partial charge in [0.2, 0.25) is 5.91 Å². The van der Waals surface area contributed by atoms with Crippen LogP contribution in [0.15, 0.2) is 53.7 Å². The van der Waals surface area contributed by atoms with Gasteiger partial charge in [-0.05, 0) is 70.0 Å². The smallest absolute Gasteiger partial charge is 0.410 e. The maximum Gasteiger partial charge on any atom is 0.410 e. The van der Waals surface area contributed by atoms with Gasteiger partial charge in [0.05, 0.1) is 11.6 Å². The number of alkyl halides is 3. The summed E-state index contributed by atoms with van der Waals surface area (Å²) in [6.45, 7) is 3.75. The lowest BCUT2D eigenvalue weighted by Gasteiger charge is -2.29. The Kier molecular flexibility index (Phi) is 9.63. The minimum atomic E-state index is -4.98. The predicted molar refractivity (Wildman–Crippen MR) is 164 cm³/mol. The molecule has 1 aromatic carbocycles. The number of hydrogen-bond donors (Lipinski definition) is 1. The molecule has 4 heterocycles. The average Bonchev–Trinajstić information content (AvgIpc) is 3.73. The third kappa shape index (κ3) is 7.93. The van der Waals surface area contributed by atoms with Crippen LogP contribution in [0.25, 0.3) is 17.2 Å². The molecule has 1 aliphatic rings. The van der Waals surface area contributed by atoms with Crippen LogP contribution in [0.3, 0.4) is 0 Å². The van der Waals surface area contributed by atoms with E-state index in [0.29, 0.717) is 22.0 Å². The van der Waals surface area contributed by atoms with Crippen LogP contribution in [-0.4, -0.2) is 81.4 Å². The Morgan fingerprint density at radius 3 is 2.47 bits per heavy atom. The van der Waals surface area contributed by atoms with Gasteiger partial charge in [0.15, 0.2) is 17.5 Å². The lowest BCUT2D eigenvalue weighted by molar-refractivity contribution is -0.165. The molecule has 1 saturated heterocycles. The fourth-order valence-corrected chi connectivity index (χ4v) is 5.27. The van der Waals surface area contributed by atoms with Gasteiger partial charge in [-0.1, -0.05) is 23.2 Å². The van der Waals surface area contributed by atoms with E-state index < -0.39 is 48.1 Å². The number of pyridine rings is 1. The molecule has 47 heavy (non-hydrogen) atoms. The van der Waals surface area contributed by atoms with Crippen LogP contribution < -0.4 is 11.0 Å². The Hall–Kier alpha value is -4.44. The summed E-state index contributed by atoms with van der Waals surface area (Å²) in [5.41, 5.74) is -1.49. The third-order valence-corrected chi connectivity index (χ3v) is 7.62. The minimum Gasteiger partial charge on any atom is -0.444 e. The topological polar surface area (TPSA) is 142 Å². The first-order valence-corrected chi connectivity index (χ1v) is 15.2. The number of benzene rings is 1. The molecule has 0 bridgehead atoms. The van der Waals surface area contributed by atoms with Crippen LogP contribution >= 0.6 is 23.2 Å². The Morgan fingerprint density at radius 1 is 1.09 bits per heavy atom. The van der Waals surface area contributed by atoms with E-state index in [2.05, 4.69) is 20.2 Å². The standard InChI is InChI=1S/C29H30Cl2F3N9O4/c1-28(2,3)47-27(46)40-13-5-7-20(40)25(44)37-21(29(32,33)34)14-41-23(17-8-10-18(30)11-9-17)39-42(26(41)45)15-22-36-16-43(38-22)24-19(31)6-4-12-35-24/h4,6,8-12,16,20-21H,5,7,13-15H2,1-3H3,(H,37,44). The summed E-state index contributed by atoms with van der Waals surface area (Å²) in [6.07, 6.45) is -2.41. The zero-order valence-corrected chi connectivity index (χ0v) is 26.9. The number of amides is 2. The highest BCUT2D eigenvalue weighted by molar-refractivity contribution is 6.32. The maximum absolute atomic E-state index is 14.5. The first-order chi connectivity index (χ1) is 22.1. The van der Waals surface area contributed by atoms with Gasteiger partial charge in [-0.3, -0.25) is 14.3 Å². The first kappa shape index (κ1) is 33.9. The van der Waals surface area contributed by atoms with Gasteiger partial charge in [-0.15, -0.1) is 10.2 Å². The third-order valence-electron chi connectivity index (χ3n) is 7.07. The quantitative estimate of drug-likeness (QED) is 0.284. The molecule has 1 fully saturated rings. The SMILES string of the molecule is CC(C)(C)OC(=O)N1CCCC1C(=O)NC(Cn1c(-c2ccc(Cl)cc2)nn(Cc2ncn(-c3ncccc3Cl)n2)c1=O)C(F)(F)F. The Morgan fingerprint density at radius 2 is 1.81 bits per heavy atom. The number of halogens is 5. The summed E-state index contributed by atoms with van der Waals surface area (Å²) in [4.78, 5) is 49.0. The zero-order chi connectivity index (χ0) is 34.1. The van der Waals surface area contributed by atoms with E-state index in [-0.39, 0.29) is 37.0 Å². The molecule has 0 spiro atoms. The zero-order valence-electron chi connectivity index (χ0n) is 25.4. The number of aromatic nitrogens is 7. The maximum atomic E-state index is 14.5. The normalized spacial score (nSPS) is 15.9. The van der Waals surface area contributed by atoms with E-state index in [4.69, 9.17) is 27.9 Å². The van der Waals surface area contributed by atoms with E-state index in [1.807, 2.05) is 5.32 Å². The van der Waals surface area contributed by atoms with Gasteiger partial charge < -0.3 is 10.1 Å². The van der Waals surface area contributed by atoms with Crippen LogP contribution in [-0.2, 0) is 22.6 Å². The molecule has 1 N–H and O–H groups in total. The second-order valence-electron chi connectivity index (χ2n) is 11.7. The van der Waals surface area contributed by atoms with Crippen LogP contribution in [0.5, 0.6) is 0 Å². The van der Waals surface area contributed by atoms with Crippen LogP contribution in [0.1, 0.15) is 39.4 Å². The molecule has 0 saturated carbocycles. The van der Waals surface area contributed by atoms with E-state index in [9.17, 15) is 27.6 Å². The lowest BCUT2D eigenvalue weighted by atomic mass is 10.1. The summed E-state index contributed by atoms with van der Waals surface area (Å²) in [6, 6.07) is 5.54. The largest absolute Gasteiger partial charge is 0.444 e. The van der Waals surface area contributed by atoms with E-state index in [0.717, 1.165) is 14.1 Å². The van der Waals surface area contributed by atoms with Crippen molar-refractivity contribution in [1.29, 1.82) is 0 Å². The number of ether oxygens (including phenoxy) is 1. The minimum absolute atomic E-state index is 0.102. The van der Waals surface area contributed by atoms with E-state index >= 15 is 0 Å². The van der Waals surface area contributed by atoms with E-state index in [1.54, 1.807) is 32.9 Å². The van der Waals surface area contributed by atoms with Crippen molar-refractivity contribution < 1.29 is 27.5 Å². The molecule has 5 rings (SSSR count). The molecule has 250 valence electrons. The molecule has 3 aromatic heterocycles. The summed E-state index contributed by atoms with van der Waals surface area (Å²) in [5, 5.41) is 11.3. The molecule has 0 radical (unpaired) electrons. The summed E-state index contributed by atoms with van der Waals surface area (Å²) in [7, 11) is 0. The number of likely N-dealkylation sites (tertiary alicyclic amines) is 1. The number of nitrogens with one attached hydrogen (secondary N) is 1.